The van der Waals surface area contributed by atoms with Crippen molar-refractivity contribution in [1.82, 2.24) is 5.32 Å². The molecular weight excluding hydrogens is 224 g/mol. The Hall–Kier alpha value is -1.82. The molecule has 1 N–H and O–H groups in total. The fourth-order valence-electron chi connectivity index (χ4n) is 1.79. The van der Waals surface area contributed by atoms with E-state index in [0.717, 1.165) is 6.42 Å². The maximum absolute atomic E-state index is 12.1. The zero-order valence-corrected chi connectivity index (χ0v) is 11.3. The van der Waals surface area contributed by atoms with Gasteiger partial charge in [-0.15, -0.1) is 0 Å². The van der Waals surface area contributed by atoms with Gasteiger partial charge in [0.15, 0.2) is 0 Å². The van der Waals surface area contributed by atoms with Crippen molar-refractivity contribution in [2.45, 2.75) is 45.6 Å². The molecule has 3 heteroatoms. The zero-order chi connectivity index (χ0) is 13.6. The summed E-state index contributed by atoms with van der Waals surface area (Å²) in [6, 6.07) is 9.71. The number of aryl methyl sites for hydroxylation is 1. The van der Waals surface area contributed by atoms with E-state index in [-0.39, 0.29) is 5.91 Å². The highest BCUT2D eigenvalue weighted by molar-refractivity contribution is 5.95. The van der Waals surface area contributed by atoms with Crippen molar-refractivity contribution in [3.63, 3.8) is 0 Å². The monoisotopic (exact) mass is 244 g/mol. The lowest BCUT2D eigenvalue weighted by Gasteiger charge is -2.24. The smallest absolute Gasteiger partial charge is 0.252 e. The summed E-state index contributed by atoms with van der Waals surface area (Å²) in [5.41, 5.74) is 1.05. The molecule has 18 heavy (non-hydrogen) atoms. The molecule has 0 saturated carbocycles. The summed E-state index contributed by atoms with van der Waals surface area (Å²) < 4.78 is 0. The maximum Gasteiger partial charge on any atom is 0.252 e. The number of benzene rings is 1. The minimum absolute atomic E-state index is 0.178. The standard InChI is InChI=1S/C15H20N2O/c1-4-12-7-9-13(10-8-12)14(18)17-15(5-2,6-3)11-16/h7-10H,4-6H2,1-3H3,(H,17,18). The predicted molar refractivity (Wildman–Crippen MR) is 72.2 cm³/mol. The Balaban J connectivity index is 2.84. The molecule has 0 aliphatic carbocycles. The normalized spacial score (nSPS) is 10.8. The Labute approximate surface area is 109 Å². The van der Waals surface area contributed by atoms with E-state index in [1.807, 2.05) is 38.1 Å². The molecular formula is C15H20N2O. The molecule has 1 rings (SSSR count). The second-order valence-electron chi connectivity index (χ2n) is 4.41. The van der Waals surface area contributed by atoms with E-state index in [2.05, 4.69) is 18.3 Å². The first-order valence-electron chi connectivity index (χ1n) is 6.43. The van der Waals surface area contributed by atoms with Crippen molar-refractivity contribution in [2.24, 2.45) is 0 Å². The van der Waals surface area contributed by atoms with Crippen molar-refractivity contribution >= 4 is 5.91 Å². The summed E-state index contributed by atoms with van der Waals surface area (Å²) in [4.78, 5) is 12.1. The van der Waals surface area contributed by atoms with Crippen LogP contribution in [0.1, 0.15) is 49.5 Å². The van der Waals surface area contributed by atoms with Gasteiger partial charge in [-0.05, 0) is 37.0 Å². The summed E-state index contributed by atoms with van der Waals surface area (Å²) >= 11 is 0. The molecule has 0 saturated heterocycles. The van der Waals surface area contributed by atoms with E-state index in [0.29, 0.717) is 18.4 Å². The molecule has 0 unspecified atom stereocenters. The van der Waals surface area contributed by atoms with Crippen LogP contribution in [-0.4, -0.2) is 11.4 Å². The predicted octanol–water partition coefficient (Wildman–Crippen LogP) is 3.06. The molecule has 0 radical (unpaired) electrons. The zero-order valence-electron chi connectivity index (χ0n) is 11.3. The van der Waals surface area contributed by atoms with Gasteiger partial charge in [0.05, 0.1) is 6.07 Å². The topological polar surface area (TPSA) is 52.9 Å². The van der Waals surface area contributed by atoms with Gasteiger partial charge in [-0.2, -0.15) is 5.26 Å². The lowest BCUT2D eigenvalue weighted by Crippen LogP contribution is -2.46. The van der Waals surface area contributed by atoms with Crippen LogP contribution >= 0.6 is 0 Å². The van der Waals surface area contributed by atoms with E-state index in [4.69, 9.17) is 0 Å². The van der Waals surface area contributed by atoms with E-state index < -0.39 is 5.54 Å². The molecule has 96 valence electrons. The Morgan fingerprint density at radius 3 is 2.17 bits per heavy atom. The number of rotatable bonds is 5. The molecule has 0 bridgehead atoms. The van der Waals surface area contributed by atoms with Gasteiger partial charge in [0, 0.05) is 5.56 Å². The lowest BCUT2D eigenvalue weighted by atomic mass is 9.94. The third-order valence-electron chi connectivity index (χ3n) is 3.40. The number of hydrogen-bond acceptors (Lipinski definition) is 2. The van der Waals surface area contributed by atoms with Crippen molar-refractivity contribution < 1.29 is 4.79 Å². The van der Waals surface area contributed by atoms with Crippen LogP contribution in [0.15, 0.2) is 24.3 Å². The summed E-state index contributed by atoms with van der Waals surface area (Å²) in [6.07, 6.45) is 2.17. The van der Waals surface area contributed by atoms with Crippen LogP contribution in [0.2, 0.25) is 0 Å². The fraction of sp³-hybridized carbons (Fsp3) is 0.467. The second-order valence-corrected chi connectivity index (χ2v) is 4.41. The third-order valence-corrected chi connectivity index (χ3v) is 3.40. The van der Waals surface area contributed by atoms with Crippen LogP contribution in [0.5, 0.6) is 0 Å². The Kier molecular flexibility index (Phi) is 4.91. The average Bonchev–Trinajstić information content (AvgIpc) is 2.45. The second kappa shape index (κ2) is 6.20. The molecule has 0 spiro atoms. The van der Waals surface area contributed by atoms with Crippen LogP contribution in [0, 0.1) is 11.3 Å². The Morgan fingerprint density at radius 2 is 1.78 bits per heavy atom. The number of carbonyl (C=O) groups is 1. The number of hydrogen-bond donors (Lipinski definition) is 1. The molecule has 0 heterocycles. The highest BCUT2D eigenvalue weighted by atomic mass is 16.1. The van der Waals surface area contributed by atoms with Gasteiger partial charge in [0.25, 0.3) is 5.91 Å². The van der Waals surface area contributed by atoms with E-state index in [1.54, 1.807) is 0 Å². The molecule has 0 atom stereocenters. The van der Waals surface area contributed by atoms with Crippen LogP contribution in [-0.2, 0) is 6.42 Å². The lowest BCUT2D eigenvalue weighted by molar-refractivity contribution is 0.0915. The highest BCUT2D eigenvalue weighted by Gasteiger charge is 2.27. The first kappa shape index (κ1) is 14.2. The Bertz CT molecular complexity index is 439. The Morgan fingerprint density at radius 1 is 1.22 bits per heavy atom. The van der Waals surface area contributed by atoms with Crippen molar-refractivity contribution in [3.8, 4) is 6.07 Å². The van der Waals surface area contributed by atoms with Gasteiger partial charge in [-0.25, -0.2) is 0 Å². The van der Waals surface area contributed by atoms with E-state index >= 15 is 0 Å². The van der Waals surface area contributed by atoms with Gasteiger partial charge in [0.2, 0.25) is 0 Å². The number of amides is 1. The third kappa shape index (κ3) is 3.10. The van der Waals surface area contributed by atoms with Gasteiger partial charge in [0.1, 0.15) is 5.54 Å². The van der Waals surface area contributed by atoms with E-state index in [9.17, 15) is 10.1 Å². The summed E-state index contributed by atoms with van der Waals surface area (Å²) in [6.45, 7) is 5.89. The van der Waals surface area contributed by atoms with E-state index in [1.165, 1.54) is 5.56 Å². The van der Waals surface area contributed by atoms with Crippen LogP contribution in [0.3, 0.4) is 0 Å². The van der Waals surface area contributed by atoms with Crippen LogP contribution in [0.4, 0.5) is 0 Å². The molecule has 3 nitrogen and oxygen atoms in total. The maximum atomic E-state index is 12.1. The fourth-order valence-corrected chi connectivity index (χ4v) is 1.79. The summed E-state index contributed by atoms with van der Waals surface area (Å²) in [5, 5.41) is 12.0. The molecule has 0 aliphatic heterocycles. The average molecular weight is 244 g/mol. The number of carbonyl (C=O) groups excluding carboxylic acids is 1. The number of nitriles is 1. The molecule has 1 aromatic rings. The molecule has 0 fully saturated rings. The summed E-state index contributed by atoms with van der Waals surface area (Å²) in [7, 11) is 0. The van der Waals surface area contributed by atoms with Gasteiger partial charge in [-0.1, -0.05) is 32.9 Å². The molecule has 1 amide bonds. The van der Waals surface area contributed by atoms with Crippen LogP contribution in [0.25, 0.3) is 0 Å². The minimum atomic E-state index is -0.749. The van der Waals surface area contributed by atoms with Gasteiger partial charge >= 0.3 is 0 Å². The number of nitrogens with zero attached hydrogens (tertiary/aromatic N) is 1. The largest absolute Gasteiger partial charge is 0.334 e. The van der Waals surface area contributed by atoms with Crippen molar-refractivity contribution in [3.05, 3.63) is 35.4 Å². The minimum Gasteiger partial charge on any atom is -0.334 e. The summed E-state index contributed by atoms with van der Waals surface area (Å²) in [5.74, 6) is -0.178. The first-order valence-corrected chi connectivity index (χ1v) is 6.43. The molecule has 0 aliphatic rings. The SMILES string of the molecule is CCc1ccc(C(=O)NC(C#N)(CC)CC)cc1. The van der Waals surface area contributed by atoms with Crippen LogP contribution < -0.4 is 5.32 Å². The van der Waals surface area contributed by atoms with Crippen molar-refractivity contribution in [1.29, 1.82) is 5.26 Å². The number of nitrogens with one attached hydrogen (secondary N) is 1. The first-order chi connectivity index (χ1) is 8.60. The highest BCUT2D eigenvalue weighted by Crippen LogP contribution is 2.15. The molecule has 0 aromatic heterocycles. The van der Waals surface area contributed by atoms with Gasteiger partial charge in [-0.3, -0.25) is 4.79 Å². The molecule has 1 aromatic carbocycles. The van der Waals surface area contributed by atoms with Crippen molar-refractivity contribution in [2.75, 3.05) is 0 Å². The quantitative estimate of drug-likeness (QED) is 0.865. The van der Waals surface area contributed by atoms with Gasteiger partial charge < -0.3 is 5.32 Å².